The fourth-order valence-corrected chi connectivity index (χ4v) is 2.56. The highest BCUT2D eigenvalue weighted by Gasteiger charge is 2.18. The fourth-order valence-electron chi connectivity index (χ4n) is 1.19. The molecule has 0 N–H and O–H groups in total. The molecule has 0 aromatic heterocycles. The van der Waals surface area contributed by atoms with Gasteiger partial charge in [-0.05, 0) is 12.1 Å². The highest BCUT2D eigenvalue weighted by molar-refractivity contribution is 7.91. The second-order valence-corrected chi connectivity index (χ2v) is 5.00. The van der Waals surface area contributed by atoms with Crippen LogP contribution in [0.4, 0.5) is 0 Å². The summed E-state index contributed by atoms with van der Waals surface area (Å²) in [6, 6.07) is 6.36. The van der Waals surface area contributed by atoms with Crippen LogP contribution in [0.5, 0.6) is 5.75 Å². The molecule has 0 spiro atoms. The SMILES string of the molecule is COc1ccccc1S(=O)(=O)CCC=O. The first-order chi connectivity index (χ1) is 7.11. The third-order valence-corrected chi connectivity index (χ3v) is 3.69. The first kappa shape index (κ1) is 11.7. The number of hydrogen-bond acceptors (Lipinski definition) is 4. The Kier molecular flexibility index (Phi) is 3.85. The third-order valence-electron chi connectivity index (χ3n) is 1.91. The number of hydrogen-bond donors (Lipinski definition) is 0. The zero-order valence-electron chi connectivity index (χ0n) is 8.34. The first-order valence-electron chi connectivity index (χ1n) is 4.41. The fraction of sp³-hybridized carbons (Fsp3) is 0.300. The van der Waals surface area contributed by atoms with Crippen molar-refractivity contribution in [3.63, 3.8) is 0 Å². The number of carbonyl (C=O) groups excluding carboxylic acids is 1. The average Bonchev–Trinajstić information content (AvgIpc) is 2.26. The van der Waals surface area contributed by atoms with Crippen LogP contribution >= 0.6 is 0 Å². The maximum Gasteiger partial charge on any atom is 0.182 e. The lowest BCUT2D eigenvalue weighted by Gasteiger charge is -2.07. The van der Waals surface area contributed by atoms with Crippen LogP contribution in [0.3, 0.4) is 0 Å². The number of aldehydes is 1. The molecule has 4 nitrogen and oxygen atoms in total. The minimum absolute atomic E-state index is 0.000379. The molecule has 0 aliphatic carbocycles. The molecular weight excluding hydrogens is 216 g/mol. The van der Waals surface area contributed by atoms with E-state index in [1.54, 1.807) is 18.2 Å². The monoisotopic (exact) mass is 228 g/mol. The van der Waals surface area contributed by atoms with Gasteiger partial charge in [-0.1, -0.05) is 12.1 Å². The van der Waals surface area contributed by atoms with E-state index in [1.807, 2.05) is 0 Å². The topological polar surface area (TPSA) is 60.4 Å². The maximum atomic E-state index is 11.7. The lowest BCUT2D eigenvalue weighted by molar-refractivity contribution is -0.107. The van der Waals surface area contributed by atoms with Gasteiger partial charge in [0.05, 0.1) is 12.9 Å². The Morgan fingerprint density at radius 1 is 1.33 bits per heavy atom. The van der Waals surface area contributed by atoms with Gasteiger partial charge in [0.25, 0.3) is 0 Å². The summed E-state index contributed by atoms with van der Waals surface area (Å²) in [5, 5.41) is 0. The predicted molar refractivity (Wildman–Crippen MR) is 55.7 cm³/mol. The standard InChI is InChI=1S/C10H12O4S/c1-14-9-5-2-3-6-10(9)15(12,13)8-4-7-11/h2-3,5-7H,4,8H2,1H3. The molecule has 5 heteroatoms. The van der Waals surface area contributed by atoms with E-state index in [1.165, 1.54) is 13.2 Å². The van der Waals surface area contributed by atoms with E-state index < -0.39 is 9.84 Å². The van der Waals surface area contributed by atoms with Crippen molar-refractivity contribution >= 4 is 16.1 Å². The quantitative estimate of drug-likeness (QED) is 0.707. The third kappa shape index (κ3) is 2.79. The summed E-state index contributed by atoms with van der Waals surface area (Å²) in [4.78, 5) is 10.3. The van der Waals surface area contributed by atoms with Crippen LogP contribution in [-0.2, 0) is 14.6 Å². The molecule has 15 heavy (non-hydrogen) atoms. The van der Waals surface area contributed by atoms with Gasteiger partial charge in [0.15, 0.2) is 9.84 Å². The van der Waals surface area contributed by atoms with E-state index in [2.05, 4.69) is 0 Å². The van der Waals surface area contributed by atoms with Crippen LogP contribution in [0.2, 0.25) is 0 Å². The number of para-hydroxylation sites is 1. The summed E-state index contributed by atoms with van der Waals surface area (Å²) in [7, 11) is -2.01. The van der Waals surface area contributed by atoms with E-state index in [0.717, 1.165) is 0 Å². The average molecular weight is 228 g/mol. The second-order valence-electron chi connectivity index (χ2n) is 2.93. The lowest BCUT2D eigenvalue weighted by Crippen LogP contribution is -2.08. The van der Waals surface area contributed by atoms with Crippen LogP contribution in [0.1, 0.15) is 6.42 Å². The molecule has 0 bridgehead atoms. The Bertz CT molecular complexity index is 436. The van der Waals surface area contributed by atoms with E-state index >= 15 is 0 Å². The highest BCUT2D eigenvalue weighted by Crippen LogP contribution is 2.23. The summed E-state index contributed by atoms with van der Waals surface area (Å²) in [5.41, 5.74) is 0. The predicted octanol–water partition coefficient (Wildman–Crippen LogP) is 1.06. The second kappa shape index (κ2) is 4.93. The molecule has 0 radical (unpaired) electrons. The van der Waals surface area contributed by atoms with Gasteiger partial charge in [-0.2, -0.15) is 0 Å². The molecule has 0 aliphatic rings. The Hall–Kier alpha value is -1.36. The zero-order valence-corrected chi connectivity index (χ0v) is 9.16. The van der Waals surface area contributed by atoms with Crippen molar-refractivity contribution in [2.75, 3.05) is 12.9 Å². The largest absolute Gasteiger partial charge is 0.495 e. The van der Waals surface area contributed by atoms with E-state index in [9.17, 15) is 13.2 Å². The van der Waals surface area contributed by atoms with Crippen molar-refractivity contribution in [2.24, 2.45) is 0 Å². The van der Waals surface area contributed by atoms with Gasteiger partial charge in [-0.3, -0.25) is 0 Å². The van der Waals surface area contributed by atoms with E-state index in [0.29, 0.717) is 12.0 Å². The van der Waals surface area contributed by atoms with Gasteiger partial charge >= 0.3 is 0 Å². The number of benzene rings is 1. The van der Waals surface area contributed by atoms with E-state index in [-0.39, 0.29) is 17.1 Å². The van der Waals surface area contributed by atoms with Crippen molar-refractivity contribution in [3.05, 3.63) is 24.3 Å². The molecule has 0 atom stereocenters. The molecule has 1 rings (SSSR count). The van der Waals surface area contributed by atoms with Crippen molar-refractivity contribution in [3.8, 4) is 5.75 Å². The normalized spacial score (nSPS) is 11.0. The van der Waals surface area contributed by atoms with Crippen LogP contribution in [0, 0.1) is 0 Å². The Labute approximate surface area is 88.8 Å². The van der Waals surface area contributed by atoms with Crippen LogP contribution in [-0.4, -0.2) is 27.6 Å². The lowest BCUT2D eigenvalue weighted by atomic mass is 10.3. The summed E-state index contributed by atoms with van der Waals surface area (Å²) < 4.78 is 28.4. The number of ether oxygens (including phenoxy) is 1. The smallest absolute Gasteiger partial charge is 0.182 e. The molecule has 0 heterocycles. The Morgan fingerprint density at radius 2 is 2.00 bits per heavy atom. The van der Waals surface area contributed by atoms with Crippen molar-refractivity contribution < 1.29 is 17.9 Å². The molecule has 1 aromatic rings. The van der Waals surface area contributed by atoms with Crippen molar-refractivity contribution in [2.45, 2.75) is 11.3 Å². The molecule has 0 amide bonds. The molecule has 0 aliphatic heterocycles. The number of rotatable bonds is 5. The number of methoxy groups -OCH3 is 1. The molecule has 0 saturated carbocycles. The minimum atomic E-state index is -3.42. The van der Waals surface area contributed by atoms with Gasteiger partial charge in [0, 0.05) is 6.42 Å². The van der Waals surface area contributed by atoms with Crippen LogP contribution in [0.25, 0.3) is 0 Å². The molecule has 0 saturated heterocycles. The summed E-state index contributed by atoms with van der Waals surface area (Å²) >= 11 is 0. The van der Waals surface area contributed by atoms with Crippen molar-refractivity contribution in [1.82, 2.24) is 0 Å². The molecule has 1 aromatic carbocycles. The Morgan fingerprint density at radius 3 is 2.60 bits per heavy atom. The highest BCUT2D eigenvalue weighted by atomic mass is 32.2. The summed E-state index contributed by atoms with van der Waals surface area (Å²) in [6.45, 7) is 0. The van der Waals surface area contributed by atoms with Gasteiger partial charge in [-0.15, -0.1) is 0 Å². The summed E-state index contributed by atoms with van der Waals surface area (Å²) in [6.07, 6.45) is 0.591. The number of sulfone groups is 1. The van der Waals surface area contributed by atoms with Crippen LogP contribution < -0.4 is 4.74 Å². The molecular formula is C10H12O4S. The van der Waals surface area contributed by atoms with Gasteiger partial charge in [0.1, 0.15) is 16.9 Å². The van der Waals surface area contributed by atoms with Crippen molar-refractivity contribution in [1.29, 1.82) is 0 Å². The minimum Gasteiger partial charge on any atom is -0.495 e. The summed E-state index contributed by atoms with van der Waals surface area (Å²) in [5.74, 6) is 0.125. The van der Waals surface area contributed by atoms with Gasteiger partial charge in [0.2, 0.25) is 0 Å². The molecule has 0 fully saturated rings. The zero-order chi connectivity index (χ0) is 11.3. The van der Waals surface area contributed by atoms with Gasteiger partial charge < -0.3 is 9.53 Å². The molecule has 82 valence electrons. The number of carbonyl (C=O) groups is 1. The Balaban J connectivity index is 3.09. The molecule has 0 unspecified atom stereocenters. The first-order valence-corrected chi connectivity index (χ1v) is 6.06. The van der Waals surface area contributed by atoms with Crippen LogP contribution in [0.15, 0.2) is 29.2 Å². The van der Waals surface area contributed by atoms with Gasteiger partial charge in [-0.25, -0.2) is 8.42 Å². The van der Waals surface area contributed by atoms with E-state index in [4.69, 9.17) is 4.74 Å². The maximum absolute atomic E-state index is 11.7.